The fourth-order valence-electron chi connectivity index (χ4n) is 3.72. The second-order valence-electron chi connectivity index (χ2n) is 5.96. The molecule has 2 fully saturated rings. The number of rotatable bonds is 2. The summed E-state index contributed by atoms with van der Waals surface area (Å²) in [5.74, 6) is 0. The Morgan fingerprint density at radius 2 is 1.33 bits per heavy atom. The molecule has 0 aromatic heterocycles. The van der Waals surface area contributed by atoms with Crippen LogP contribution in [0.25, 0.3) is 0 Å². The van der Waals surface area contributed by atoms with Crippen molar-refractivity contribution in [2.75, 3.05) is 13.1 Å². The smallest absolute Gasteiger partial charge is 0.00436 e. The third-order valence-electron chi connectivity index (χ3n) is 5.54. The van der Waals surface area contributed by atoms with Gasteiger partial charge in [-0.25, -0.2) is 0 Å². The van der Waals surface area contributed by atoms with Gasteiger partial charge in [-0.05, 0) is 62.4 Å². The number of hydrogen-bond donors (Lipinski definition) is 1. The van der Waals surface area contributed by atoms with Gasteiger partial charge in [0.1, 0.15) is 0 Å². The molecule has 2 rings (SSSR count). The van der Waals surface area contributed by atoms with Gasteiger partial charge >= 0.3 is 0 Å². The fourth-order valence-corrected chi connectivity index (χ4v) is 3.72. The second-order valence-corrected chi connectivity index (χ2v) is 5.96. The van der Waals surface area contributed by atoms with Crippen LogP contribution in [0, 0.1) is 10.8 Å². The van der Waals surface area contributed by atoms with Crippen LogP contribution >= 0.6 is 0 Å². The summed E-state index contributed by atoms with van der Waals surface area (Å²) in [5, 5.41) is 3.51. The normalized spacial score (nSPS) is 29.2. The molecule has 1 heterocycles. The van der Waals surface area contributed by atoms with E-state index in [-0.39, 0.29) is 0 Å². The highest BCUT2D eigenvalue weighted by molar-refractivity contribution is 4.93. The minimum Gasteiger partial charge on any atom is -0.317 e. The van der Waals surface area contributed by atoms with Crippen molar-refractivity contribution in [3.8, 4) is 0 Å². The van der Waals surface area contributed by atoms with Crippen molar-refractivity contribution in [1.29, 1.82) is 0 Å². The highest BCUT2D eigenvalue weighted by atomic mass is 14.9. The Bertz CT molecular complexity index is 187. The van der Waals surface area contributed by atoms with Gasteiger partial charge in [0.05, 0.1) is 0 Å². The summed E-state index contributed by atoms with van der Waals surface area (Å²) >= 11 is 0. The highest BCUT2D eigenvalue weighted by Gasteiger charge is 2.41. The van der Waals surface area contributed by atoms with Crippen LogP contribution in [0.1, 0.15) is 65.2 Å². The zero-order valence-electron chi connectivity index (χ0n) is 10.6. The van der Waals surface area contributed by atoms with Crippen LogP contribution in [0.2, 0.25) is 0 Å². The first kappa shape index (κ1) is 11.4. The number of piperidine rings is 1. The average Bonchev–Trinajstić information content (AvgIpc) is 2.32. The average molecular weight is 209 g/mol. The van der Waals surface area contributed by atoms with Crippen LogP contribution in [0.3, 0.4) is 0 Å². The molecule has 1 saturated heterocycles. The van der Waals surface area contributed by atoms with Gasteiger partial charge in [-0.2, -0.15) is 0 Å². The Morgan fingerprint density at radius 3 is 1.80 bits per heavy atom. The third kappa shape index (κ3) is 2.22. The molecule has 1 N–H and O–H groups in total. The molecule has 0 amide bonds. The van der Waals surface area contributed by atoms with E-state index in [2.05, 4.69) is 19.2 Å². The molecule has 1 spiro atoms. The molecule has 2 aliphatic rings. The zero-order chi connectivity index (χ0) is 10.8. The Morgan fingerprint density at radius 1 is 0.800 bits per heavy atom. The van der Waals surface area contributed by atoms with Gasteiger partial charge in [-0.15, -0.1) is 0 Å². The lowest BCUT2D eigenvalue weighted by atomic mass is 9.59. The molecule has 1 nitrogen and oxygen atoms in total. The number of hydrogen-bond acceptors (Lipinski definition) is 1. The number of nitrogens with one attached hydrogen (secondary N) is 1. The van der Waals surface area contributed by atoms with E-state index in [0.29, 0.717) is 0 Å². The van der Waals surface area contributed by atoms with Crippen LogP contribution in [0.15, 0.2) is 0 Å². The highest BCUT2D eigenvalue weighted by Crippen LogP contribution is 2.52. The molecule has 1 aliphatic carbocycles. The molecule has 0 unspecified atom stereocenters. The maximum Gasteiger partial charge on any atom is -0.00436 e. The maximum atomic E-state index is 3.51. The van der Waals surface area contributed by atoms with Crippen LogP contribution in [-0.2, 0) is 0 Å². The molecule has 15 heavy (non-hydrogen) atoms. The molecule has 1 heteroatoms. The lowest BCUT2D eigenvalue weighted by Gasteiger charge is -2.48. The summed E-state index contributed by atoms with van der Waals surface area (Å²) in [5.41, 5.74) is 1.47. The first-order chi connectivity index (χ1) is 7.24. The minimum atomic E-state index is 0.718. The molecule has 1 saturated carbocycles. The standard InChI is InChI=1S/C14H27N/c1-3-13(4-2)5-7-14(8-6-13)9-11-15-12-10-14/h15H,3-12H2,1-2H3. The van der Waals surface area contributed by atoms with Crippen molar-refractivity contribution < 1.29 is 0 Å². The molecule has 0 radical (unpaired) electrons. The van der Waals surface area contributed by atoms with E-state index in [0.717, 1.165) is 10.8 Å². The molecule has 0 aromatic rings. The van der Waals surface area contributed by atoms with Gasteiger partial charge in [0.15, 0.2) is 0 Å². The van der Waals surface area contributed by atoms with Gasteiger partial charge in [-0.3, -0.25) is 0 Å². The fraction of sp³-hybridized carbons (Fsp3) is 1.00. The minimum absolute atomic E-state index is 0.718. The van der Waals surface area contributed by atoms with Gasteiger partial charge in [0.2, 0.25) is 0 Å². The summed E-state index contributed by atoms with van der Waals surface area (Å²) in [4.78, 5) is 0. The Labute approximate surface area is 95.0 Å². The monoisotopic (exact) mass is 209 g/mol. The lowest BCUT2D eigenvalue weighted by Crippen LogP contribution is -2.41. The van der Waals surface area contributed by atoms with E-state index in [1.54, 1.807) is 0 Å². The summed E-state index contributed by atoms with van der Waals surface area (Å²) in [6.45, 7) is 7.32. The Hall–Kier alpha value is -0.0400. The quantitative estimate of drug-likeness (QED) is 0.730. The molecular weight excluding hydrogens is 182 g/mol. The van der Waals surface area contributed by atoms with Crippen LogP contribution in [0.5, 0.6) is 0 Å². The van der Waals surface area contributed by atoms with Crippen molar-refractivity contribution in [3.05, 3.63) is 0 Å². The van der Waals surface area contributed by atoms with E-state index in [1.165, 1.54) is 64.5 Å². The molecule has 0 bridgehead atoms. The van der Waals surface area contributed by atoms with E-state index in [4.69, 9.17) is 0 Å². The topological polar surface area (TPSA) is 12.0 Å². The van der Waals surface area contributed by atoms with E-state index in [1.807, 2.05) is 0 Å². The molecule has 88 valence electrons. The Balaban J connectivity index is 1.95. The summed E-state index contributed by atoms with van der Waals surface area (Å²) in [7, 11) is 0. The predicted molar refractivity (Wildman–Crippen MR) is 66.0 cm³/mol. The van der Waals surface area contributed by atoms with Crippen molar-refractivity contribution in [2.45, 2.75) is 65.2 Å². The van der Waals surface area contributed by atoms with Crippen LogP contribution in [0.4, 0.5) is 0 Å². The van der Waals surface area contributed by atoms with Crippen LogP contribution in [-0.4, -0.2) is 13.1 Å². The van der Waals surface area contributed by atoms with Crippen molar-refractivity contribution in [3.63, 3.8) is 0 Å². The molecular formula is C14H27N. The SMILES string of the molecule is CCC1(CC)CCC2(CCNCC2)CC1. The van der Waals surface area contributed by atoms with E-state index < -0.39 is 0 Å². The van der Waals surface area contributed by atoms with E-state index in [9.17, 15) is 0 Å². The van der Waals surface area contributed by atoms with Crippen molar-refractivity contribution in [1.82, 2.24) is 5.32 Å². The molecule has 1 aliphatic heterocycles. The maximum absolute atomic E-state index is 3.51. The largest absolute Gasteiger partial charge is 0.317 e. The molecule has 0 aromatic carbocycles. The predicted octanol–water partition coefficient (Wildman–Crippen LogP) is 3.74. The first-order valence-electron chi connectivity index (χ1n) is 6.95. The molecule has 0 atom stereocenters. The van der Waals surface area contributed by atoms with Crippen LogP contribution < -0.4 is 5.32 Å². The first-order valence-corrected chi connectivity index (χ1v) is 6.95. The van der Waals surface area contributed by atoms with Crippen molar-refractivity contribution >= 4 is 0 Å². The zero-order valence-corrected chi connectivity index (χ0v) is 10.6. The second kappa shape index (κ2) is 4.45. The lowest BCUT2D eigenvalue weighted by molar-refractivity contribution is 0.0458. The van der Waals surface area contributed by atoms with Gasteiger partial charge in [0, 0.05) is 0 Å². The third-order valence-corrected chi connectivity index (χ3v) is 5.54. The summed E-state index contributed by atoms with van der Waals surface area (Å²) in [6.07, 6.45) is 11.7. The summed E-state index contributed by atoms with van der Waals surface area (Å²) < 4.78 is 0. The van der Waals surface area contributed by atoms with E-state index >= 15 is 0 Å². The van der Waals surface area contributed by atoms with Gasteiger partial charge < -0.3 is 5.32 Å². The Kier molecular flexibility index (Phi) is 3.39. The summed E-state index contributed by atoms with van der Waals surface area (Å²) in [6, 6.07) is 0. The van der Waals surface area contributed by atoms with Gasteiger partial charge in [-0.1, -0.05) is 26.7 Å². The van der Waals surface area contributed by atoms with Crippen molar-refractivity contribution in [2.24, 2.45) is 10.8 Å². The van der Waals surface area contributed by atoms with Gasteiger partial charge in [0.25, 0.3) is 0 Å².